The molecule has 1 saturated heterocycles. The molecule has 1 aliphatic heterocycles. The SMILES string of the molecule is CNC(CCC(F)(F)F)C1OCCC1C. The van der Waals surface area contributed by atoms with Gasteiger partial charge in [-0.15, -0.1) is 0 Å². The van der Waals surface area contributed by atoms with Crippen LogP contribution in [0.15, 0.2) is 0 Å². The zero-order valence-electron chi connectivity index (χ0n) is 9.10. The monoisotopic (exact) mass is 225 g/mol. The fourth-order valence-electron chi connectivity index (χ4n) is 2.02. The van der Waals surface area contributed by atoms with E-state index in [2.05, 4.69) is 5.32 Å². The summed E-state index contributed by atoms with van der Waals surface area (Å²) in [5.74, 6) is 0.343. The maximum atomic E-state index is 12.1. The van der Waals surface area contributed by atoms with Crippen LogP contribution in [0.5, 0.6) is 0 Å². The van der Waals surface area contributed by atoms with E-state index < -0.39 is 12.6 Å². The first-order valence-electron chi connectivity index (χ1n) is 5.29. The van der Waals surface area contributed by atoms with Gasteiger partial charge in [-0.3, -0.25) is 0 Å². The van der Waals surface area contributed by atoms with Crippen LogP contribution in [0.1, 0.15) is 26.2 Å². The first-order chi connectivity index (χ1) is 6.94. The predicted molar refractivity (Wildman–Crippen MR) is 51.7 cm³/mol. The Morgan fingerprint density at radius 3 is 2.53 bits per heavy atom. The molecule has 0 bridgehead atoms. The molecule has 1 aliphatic rings. The second-order valence-corrected chi connectivity index (χ2v) is 4.15. The highest BCUT2D eigenvalue weighted by Crippen LogP contribution is 2.28. The van der Waals surface area contributed by atoms with Crippen LogP contribution >= 0.6 is 0 Å². The van der Waals surface area contributed by atoms with Crippen LogP contribution in [-0.4, -0.2) is 32.0 Å². The number of nitrogens with one attached hydrogen (secondary N) is 1. The molecule has 15 heavy (non-hydrogen) atoms. The fourth-order valence-corrected chi connectivity index (χ4v) is 2.02. The van der Waals surface area contributed by atoms with E-state index >= 15 is 0 Å². The van der Waals surface area contributed by atoms with Gasteiger partial charge in [0.25, 0.3) is 0 Å². The first kappa shape index (κ1) is 12.8. The van der Waals surface area contributed by atoms with Crippen molar-refractivity contribution >= 4 is 0 Å². The van der Waals surface area contributed by atoms with Crippen LogP contribution in [0, 0.1) is 5.92 Å². The standard InChI is InChI=1S/C10H18F3NO/c1-7-4-6-15-9(7)8(14-2)3-5-10(11,12)13/h7-9,14H,3-6H2,1-2H3. The summed E-state index contributed by atoms with van der Waals surface area (Å²) in [6, 6.07) is -0.191. The Morgan fingerprint density at radius 2 is 2.13 bits per heavy atom. The van der Waals surface area contributed by atoms with Crippen LogP contribution in [-0.2, 0) is 4.74 Å². The number of rotatable bonds is 4. The molecular weight excluding hydrogens is 207 g/mol. The fraction of sp³-hybridized carbons (Fsp3) is 1.00. The Kier molecular flexibility index (Phi) is 4.40. The topological polar surface area (TPSA) is 21.3 Å². The van der Waals surface area contributed by atoms with Crippen LogP contribution < -0.4 is 5.32 Å². The molecule has 3 atom stereocenters. The van der Waals surface area contributed by atoms with E-state index in [0.29, 0.717) is 12.5 Å². The summed E-state index contributed by atoms with van der Waals surface area (Å²) in [4.78, 5) is 0. The number of halogens is 3. The zero-order chi connectivity index (χ0) is 11.5. The van der Waals surface area contributed by atoms with Crippen molar-refractivity contribution in [2.75, 3.05) is 13.7 Å². The van der Waals surface area contributed by atoms with Crippen molar-refractivity contribution in [3.8, 4) is 0 Å². The molecule has 0 aromatic rings. The van der Waals surface area contributed by atoms with Crippen LogP contribution in [0.4, 0.5) is 13.2 Å². The van der Waals surface area contributed by atoms with Crippen molar-refractivity contribution in [1.82, 2.24) is 5.32 Å². The van der Waals surface area contributed by atoms with Crippen molar-refractivity contribution in [1.29, 1.82) is 0 Å². The van der Waals surface area contributed by atoms with E-state index in [0.717, 1.165) is 6.42 Å². The molecular formula is C10H18F3NO. The van der Waals surface area contributed by atoms with Gasteiger partial charge >= 0.3 is 6.18 Å². The van der Waals surface area contributed by atoms with Gasteiger partial charge in [0, 0.05) is 19.1 Å². The molecule has 1 N–H and O–H groups in total. The summed E-state index contributed by atoms with van der Waals surface area (Å²) < 4.78 is 41.7. The third-order valence-corrected chi connectivity index (χ3v) is 2.95. The molecule has 0 aromatic carbocycles. The van der Waals surface area contributed by atoms with Crippen molar-refractivity contribution in [3.05, 3.63) is 0 Å². The number of ether oxygens (including phenoxy) is 1. The minimum Gasteiger partial charge on any atom is -0.376 e. The average Bonchev–Trinajstić information content (AvgIpc) is 2.52. The van der Waals surface area contributed by atoms with Gasteiger partial charge in [-0.2, -0.15) is 13.2 Å². The Morgan fingerprint density at radius 1 is 1.47 bits per heavy atom. The lowest BCUT2D eigenvalue weighted by molar-refractivity contribution is -0.138. The Hall–Kier alpha value is -0.290. The van der Waals surface area contributed by atoms with Gasteiger partial charge in [0.1, 0.15) is 0 Å². The molecule has 0 saturated carbocycles. The molecule has 1 heterocycles. The molecule has 0 amide bonds. The highest BCUT2D eigenvalue weighted by atomic mass is 19.4. The molecule has 1 fully saturated rings. The lowest BCUT2D eigenvalue weighted by atomic mass is 9.94. The second-order valence-electron chi connectivity index (χ2n) is 4.15. The Labute approximate surface area is 88.2 Å². The van der Waals surface area contributed by atoms with Crippen molar-refractivity contribution in [2.45, 2.75) is 44.5 Å². The molecule has 0 spiro atoms. The van der Waals surface area contributed by atoms with Crippen LogP contribution in [0.2, 0.25) is 0 Å². The summed E-state index contributed by atoms with van der Waals surface area (Å²) in [6.07, 6.45) is -3.86. The summed E-state index contributed by atoms with van der Waals surface area (Å²) >= 11 is 0. The molecule has 0 radical (unpaired) electrons. The van der Waals surface area contributed by atoms with E-state index in [1.807, 2.05) is 6.92 Å². The number of hydrogen-bond donors (Lipinski definition) is 1. The molecule has 90 valence electrons. The van der Waals surface area contributed by atoms with E-state index in [-0.39, 0.29) is 18.6 Å². The van der Waals surface area contributed by atoms with Gasteiger partial charge in [0.15, 0.2) is 0 Å². The van der Waals surface area contributed by atoms with E-state index in [1.54, 1.807) is 7.05 Å². The van der Waals surface area contributed by atoms with Gasteiger partial charge in [-0.05, 0) is 25.8 Å². The minimum absolute atomic E-state index is 0.0719. The number of hydrogen-bond acceptors (Lipinski definition) is 2. The minimum atomic E-state index is -4.07. The summed E-state index contributed by atoms with van der Waals surface area (Å²) in [5, 5.41) is 2.92. The molecule has 5 heteroatoms. The highest BCUT2D eigenvalue weighted by molar-refractivity contribution is 4.84. The van der Waals surface area contributed by atoms with E-state index in [9.17, 15) is 13.2 Å². The van der Waals surface area contributed by atoms with Gasteiger partial charge < -0.3 is 10.1 Å². The second kappa shape index (κ2) is 5.16. The summed E-state index contributed by atoms with van der Waals surface area (Å²) in [6.45, 7) is 2.69. The third kappa shape index (κ3) is 3.99. The molecule has 1 rings (SSSR count). The number of likely N-dealkylation sites (N-methyl/N-ethyl adjacent to an activating group) is 1. The van der Waals surface area contributed by atoms with E-state index in [4.69, 9.17) is 4.74 Å². The molecule has 0 aliphatic carbocycles. The maximum Gasteiger partial charge on any atom is 0.389 e. The summed E-state index contributed by atoms with van der Waals surface area (Å²) in [5.41, 5.74) is 0. The summed E-state index contributed by atoms with van der Waals surface area (Å²) in [7, 11) is 1.69. The molecule has 2 nitrogen and oxygen atoms in total. The Balaban J connectivity index is 2.41. The quantitative estimate of drug-likeness (QED) is 0.793. The molecule has 3 unspecified atom stereocenters. The van der Waals surface area contributed by atoms with Crippen molar-refractivity contribution < 1.29 is 17.9 Å². The predicted octanol–water partition coefficient (Wildman–Crippen LogP) is 2.34. The van der Waals surface area contributed by atoms with Crippen molar-refractivity contribution in [3.63, 3.8) is 0 Å². The normalized spacial score (nSPS) is 29.4. The Bertz CT molecular complexity index is 196. The smallest absolute Gasteiger partial charge is 0.376 e. The largest absolute Gasteiger partial charge is 0.389 e. The van der Waals surface area contributed by atoms with Gasteiger partial charge in [-0.25, -0.2) is 0 Å². The lowest BCUT2D eigenvalue weighted by Crippen LogP contribution is -2.41. The number of alkyl halides is 3. The average molecular weight is 225 g/mol. The van der Waals surface area contributed by atoms with Crippen LogP contribution in [0.25, 0.3) is 0 Å². The first-order valence-corrected chi connectivity index (χ1v) is 5.29. The zero-order valence-corrected chi connectivity index (χ0v) is 9.10. The lowest BCUT2D eigenvalue weighted by Gasteiger charge is -2.26. The van der Waals surface area contributed by atoms with Crippen LogP contribution in [0.3, 0.4) is 0 Å². The van der Waals surface area contributed by atoms with Gasteiger partial charge in [0.2, 0.25) is 0 Å². The van der Waals surface area contributed by atoms with E-state index in [1.165, 1.54) is 0 Å². The van der Waals surface area contributed by atoms with Gasteiger partial charge in [0.05, 0.1) is 6.10 Å². The third-order valence-electron chi connectivity index (χ3n) is 2.95. The molecule has 0 aromatic heterocycles. The highest BCUT2D eigenvalue weighted by Gasteiger charge is 2.34. The maximum absolute atomic E-state index is 12.1. The van der Waals surface area contributed by atoms with Gasteiger partial charge in [-0.1, -0.05) is 6.92 Å². The van der Waals surface area contributed by atoms with Crippen molar-refractivity contribution in [2.24, 2.45) is 5.92 Å².